The molecule has 1 aromatic carbocycles. The van der Waals surface area contributed by atoms with Crippen LogP contribution in [0.5, 0.6) is 0 Å². The number of halogens is 1. The number of hydrogen-bond donors (Lipinski definition) is 0. The molecule has 0 saturated carbocycles. The molecule has 15 heavy (non-hydrogen) atoms. The van der Waals surface area contributed by atoms with Crippen molar-refractivity contribution in [1.29, 1.82) is 0 Å². The summed E-state index contributed by atoms with van der Waals surface area (Å²) in [6.07, 6.45) is 4.38. The van der Waals surface area contributed by atoms with Gasteiger partial charge in [0, 0.05) is 0 Å². The average Bonchev–Trinajstić information content (AvgIpc) is 2.21. The van der Waals surface area contributed by atoms with Gasteiger partial charge in [-0.3, -0.25) is 0 Å². The number of benzene rings is 1. The maximum atomic E-state index is 13.5. The monoisotopic (exact) mass is 208 g/mol. The summed E-state index contributed by atoms with van der Waals surface area (Å²) in [5, 5.41) is 0. The molecule has 1 atom stereocenters. The fraction of sp³-hybridized carbons (Fsp3) is 0.571. The molecule has 0 aliphatic heterocycles. The molecule has 0 heterocycles. The zero-order valence-electron chi connectivity index (χ0n) is 10.0. The standard InChI is InChI=1S/C14H21F/c1-4-11(2)6-5-7-13-9-8-12(3)10-14(13)15/h8-11H,4-7H2,1-3H3. The van der Waals surface area contributed by atoms with Gasteiger partial charge in [-0.05, 0) is 42.9 Å². The van der Waals surface area contributed by atoms with Crippen LogP contribution in [-0.2, 0) is 6.42 Å². The lowest BCUT2D eigenvalue weighted by molar-refractivity contribution is 0.491. The second kappa shape index (κ2) is 5.89. The Morgan fingerprint density at radius 3 is 2.67 bits per heavy atom. The Morgan fingerprint density at radius 2 is 2.07 bits per heavy atom. The second-order valence-corrected chi connectivity index (χ2v) is 4.50. The normalized spacial score (nSPS) is 12.8. The van der Waals surface area contributed by atoms with Gasteiger partial charge in [-0.1, -0.05) is 38.8 Å². The summed E-state index contributed by atoms with van der Waals surface area (Å²) in [4.78, 5) is 0. The van der Waals surface area contributed by atoms with Crippen LogP contribution in [0, 0.1) is 18.7 Å². The Labute approximate surface area is 92.5 Å². The fourth-order valence-electron chi connectivity index (χ4n) is 1.70. The topological polar surface area (TPSA) is 0 Å². The van der Waals surface area contributed by atoms with Gasteiger partial charge in [0.25, 0.3) is 0 Å². The van der Waals surface area contributed by atoms with E-state index in [4.69, 9.17) is 0 Å². The molecule has 0 aliphatic carbocycles. The summed E-state index contributed by atoms with van der Waals surface area (Å²) in [5.74, 6) is 0.720. The minimum absolute atomic E-state index is 0.0425. The van der Waals surface area contributed by atoms with E-state index in [9.17, 15) is 4.39 Å². The van der Waals surface area contributed by atoms with E-state index in [2.05, 4.69) is 13.8 Å². The Kier molecular flexibility index (Phi) is 4.80. The fourth-order valence-corrected chi connectivity index (χ4v) is 1.70. The highest BCUT2D eigenvalue weighted by molar-refractivity contribution is 5.23. The third kappa shape index (κ3) is 4.03. The van der Waals surface area contributed by atoms with Crippen LogP contribution < -0.4 is 0 Å². The first-order valence-electron chi connectivity index (χ1n) is 5.88. The molecule has 0 spiro atoms. The number of rotatable bonds is 5. The number of aryl methyl sites for hydroxylation is 2. The van der Waals surface area contributed by atoms with Crippen LogP contribution in [0.15, 0.2) is 18.2 Å². The molecule has 0 nitrogen and oxygen atoms in total. The van der Waals surface area contributed by atoms with E-state index >= 15 is 0 Å². The van der Waals surface area contributed by atoms with Crippen LogP contribution in [0.3, 0.4) is 0 Å². The average molecular weight is 208 g/mol. The molecule has 0 amide bonds. The summed E-state index contributed by atoms with van der Waals surface area (Å²) >= 11 is 0. The molecule has 1 heteroatoms. The minimum atomic E-state index is -0.0425. The van der Waals surface area contributed by atoms with Crippen LogP contribution >= 0.6 is 0 Å². The van der Waals surface area contributed by atoms with Crippen molar-refractivity contribution in [2.24, 2.45) is 5.92 Å². The van der Waals surface area contributed by atoms with Gasteiger partial charge >= 0.3 is 0 Å². The Morgan fingerprint density at radius 1 is 1.33 bits per heavy atom. The summed E-state index contributed by atoms with van der Waals surface area (Å²) < 4.78 is 13.5. The Bertz CT molecular complexity index is 304. The SMILES string of the molecule is CCC(C)CCCc1ccc(C)cc1F. The van der Waals surface area contributed by atoms with Crippen LogP contribution in [0.1, 0.15) is 44.2 Å². The smallest absolute Gasteiger partial charge is 0.126 e. The lowest BCUT2D eigenvalue weighted by Gasteiger charge is -2.08. The third-order valence-corrected chi connectivity index (χ3v) is 3.05. The molecule has 0 fully saturated rings. The van der Waals surface area contributed by atoms with Gasteiger partial charge in [0.1, 0.15) is 5.82 Å². The molecule has 1 rings (SSSR count). The molecule has 84 valence electrons. The molecule has 1 unspecified atom stereocenters. The summed E-state index contributed by atoms with van der Waals surface area (Å²) in [7, 11) is 0. The van der Waals surface area contributed by atoms with Gasteiger partial charge in [-0.25, -0.2) is 4.39 Å². The van der Waals surface area contributed by atoms with E-state index in [1.807, 2.05) is 19.1 Å². The van der Waals surface area contributed by atoms with E-state index < -0.39 is 0 Å². The van der Waals surface area contributed by atoms with Crippen LogP contribution in [0.4, 0.5) is 4.39 Å². The highest BCUT2D eigenvalue weighted by Crippen LogP contribution is 2.16. The molecule has 0 aromatic heterocycles. The second-order valence-electron chi connectivity index (χ2n) is 4.50. The molecular formula is C14H21F. The lowest BCUT2D eigenvalue weighted by Crippen LogP contribution is -1.96. The van der Waals surface area contributed by atoms with E-state index in [1.54, 1.807) is 6.07 Å². The van der Waals surface area contributed by atoms with Gasteiger partial charge in [-0.2, -0.15) is 0 Å². The quantitative estimate of drug-likeness (QED) is 0.668. The predicted molar refractivity (Wildman–Crippen MR) is 63.5 cm³/mol. The lowest BCUT2D eigenvalue weighted by atomic mass is 9.98. The van der Waals surface area contributed by atoms with Crippen molar-refractivity contribution in [2.75, 3.05) is 0 Å². The highest BCUT2D eigenvalue weighted by atomic mass is 19.1. The third-order valence-electron chi connectivity index (χ3n) is 3.05. The maximum absolute atomic E-state index is 13.5. The van der Waals surface area contributed by atoms with Crippen molar-refractivity contribution < 1.29 is 4.39 Å². The molecule has 0 saturated heterocycles. The van der Waals surface area contributed by atoms with E-state index in [0.29, 0.717) is 0 Å². The number of hydrogen-bond acceptors (Lipinski definition) is 0. The van der Waals surface area contributed by atoms with Crippen LogP contribution in [0.2, 0.25) is 0 Å². The maximum Gasteiger partial charge on any atom is 0.126 e. The van der Waals surface area contributed by atoms with Crippen LogP contribution in [0.25, 0.3) is 0 Å². The van der Waals surface area contributed by atoms with E-state index in [1.165, 1.54) is 12.8 Å². The van der Waals surface area contributed by atoms with Gasteiger partial charge in [0.2, 0.25) is 0 Å². The van der Waals surface area contributed by atoms with Gasteiger partial charge in [0.05, 0.1) is 0 Å². The molecular weight excluding hydrogens is 187 g/mol. The zero-order valence-corrected chi connectivity index (χ0v) is 10.0. The summed E-state index contributed by atoms with van der Waals surface area (Å²) in [6.45, 7) is 6.38. The molecule has 0 radical (unpaired) electrons. The van der Waals surface area contributed by atoms with Crippen molar-refractivity contribution in [3.8, 4) is 0 Å². The first-order chi connectivity index (χ1) is 7.13. The largest absolute Gasteiger partial charge is 0.207 e. The van der Waals surface area contributed by atoms with Gasteiger partial charge in [-0.15, -0.1) is 0 Å². The predicted octanol–water partition coefficient (Wildman–Crippen LogP) is 4.50. The molecule has 1 aromatic rings. The van der Waals surface area contributed by atoms with Crippen molar-refractivity contribution in [3.05, 3.63) is 35.1 Å². The summed E-state index contributed by atoms with van der Waals surface area (Å²) in [6, 6.07) is 5.53. The minimum Gasteiger partial charge on any atom is -0.207 e. The van der Waals surface area contributed by atoms with Crippen molar-refractivity contribution in [2.45, 2.75) is 46.5 Å². The molecule has 0 aliphatic rings. The van der Waals surface area contributed by atoms with E-state index in [0.717, 1.165) is 29.9 Å². The summed E-state index contributed by atoms with van der Waals surface area (Å²) in [5.41, 5.74) is 1.86. The highest BCUT2D eigenvalue weighted by Gasteiger charge is 2.03. The first-order valence-corrected chi connectivity index (χ1v) is 5.88. The van der Waals surface area contributed by atoms with Crippen molar-refractivity contribution in [3.63, 3.8) is 0 Å². The molecule has 0 N–H and O–H groups in total. The van der Waals surface area contributed by atoms with Gasteiger partial charge in [0.15, 0.2) is 0 Å². The van der Waals surface area contributed by atoms with Crippen LogP contribution in [-0.4, -0.2) is 0 Å². The molecule has 0 bridgehead atoms. The van der Waals surface area contributed by atoms with Gasteiger partial charge < -0.3 is 0 Å². The van der Waals surface area contributed by atoms with E-state index in [-0.39, 0.29) is 5.82 Å². The first kappa shape index (κ1) is 12.2. The Hall–Kier alpha value is -0.850. The van der Waals surface area contributed by atoms with Crippen molar-refractivity contribution >= 4 is 0 Å². The Balaban J connectivity index is 2.44. The zero-order chi connectivity index (χ0) is 11.3. The van der Waals surface area contributed by atoms with Crippen molar-refractivity contribution in [1.82, 2.24) is 0 Å².